The molecule has 0 saturated carbocycles. The number of phenols is 1. The highest BCUT2D eigenvalue weighted by Crippen LogP contribution is 2.27. The number of para-hydroxylation sites is 1. The maximum atomic E-state index is 14.2. The highest BCUT2D eigenvalue weighted by atomic mass is 16.6. The smallest absolute Gasteiger partial charge is 0.410 e. The predicted octanol–water partition coefficient (Wildman–Crippen LogP) is 5.13. The van der Waals surface area contributed by atoms with Gasteiger partial charge in [0.15, 0.2) is 12.7 Å². The second-order valence-electron chi connectivity index (χ2n) is 15.8. The van der Waals surface area contributed by atoms with Crippen LogP contribution in [-0.2, 0) is 31.9 Å². The van der Waals surface area contributed by atoms with E-state index in [-0.39, 0.29) is 42.7 Å². The highest BCUT2D eigenvalue weighted by molar-refractivity contribution is 5.92. The Morgan fingerprint density at radius 1 is 0.793 bits per heavy atom. The van der Waals surface area contributed by atoms with Crippen LogP contribution in [0, 0.1) is 13.8 Å². The molecule has 3 fully saturated rings. The number of carbonyl (C=O) groups is 5. The van der Waals surface area contributed by atoms with E-state index in [2.05, 4.69) is 10.2 Å². The van der Waals surface area contributed by atoms with Gasteiger partial charge >= 0.3 is 18.1 Å². The SMILES string of the molecule is Cc1cc(C[C@@H](OC(=O)N2CCC(N3CCc4ccccc4NC3=O)CC2)C(=O)N2CCN(c3ccc(C(=O)OCC(=O)N4CCCCC4)cc3)CC2)cc(C)c1O. The molecule has 1 atom stereocenters. The number of benzene rings is 3. The van der Waals surface area contributed by atoms with Crippen LogP contribution in [0.15, 0.2) is 60.7 Å². The van der Waals surface area contributed by atoms with Crippen LogP contribution in [0.3, 0.4) is 0 Å². The lowest BCUT2D eigenvalue weighted by Crippen LogP contribution is -2.54. The molecule has 7 rings (SSSR count). The lowest BCUT2D eigenvalue weighted by molar-refractivity contribution is -0.141. The number of carbonyl (C=O) groups excluding carboxylic acids is 5. The van der Waals surface area contributed by atoms with Crippen LogP contribution in [0.1, 0.15) is 64.7 Å². The average Bonchev–Trinajstić information content (AvgIpc) is 3.42. The van der Waals surface area contributed by atoms with E-state index < -0.39 is 18.2 Å². The summed E-state index contributed by atoms with van der Waals surface area (Å²) in [6.07, 6.45) is 3.49. The maximum absolute atomic E-state index is 14.2. The molecule has 5 amide bonds. The summed E-state index contributed by atoms with van der Waals surface area (Å²) >= 11 is 0. The molecule has 3 aromatic carbocycles. The summed E-state index contributed by atoms with van der Waals surface area (Å²) in [5, 5.41) is 13.4. The van der Waals surface area contributed by atoms with Crippen molar-refractivity contribution in [2.24, 2.45) is 0 Å². The molecule has 3 aromatic rings. The number of esters is 1. The minimum Gasteiger partial charge on any atom is -0.507 e. The fraction of sp³-hybridized carbons (Fsp3) is 0.477. The van der Waals surface area contributed by atoms with E-state index in [0.29, 0.717) is 88.4 Å². The van der Waals surface area contributed by atoms with Gasteiger partial charge in [0.25, 0.3) is 11.8 Å². The van der Waals surface area contributed by atoms with Crippen LogP contribution in [0.4, 0.5) is 21.0 Å². The van der Waals surface area contributed by atoms with Crippen molar-refractivity contribution < 1.29 is 38.6 Å². The number of nitrogens with zero attached hydrogens (tertiary/aromatic N) is 5. The Morgan fingerprint density at radius 3 is 2.16 bits per heavy atom. The fourth-order valence-electron chi connectivity index (χ4n) is 8.49. The molecule has 3 saturated heterocycles. The average molecular weight is 795 g/mol. The first-order valence-corrected chi connectivity index (χ1v) is 20.5. The Hall–Kier alpha value is -5.79. The molecule has 4 heterocycles. The highest BCUT2D eigenvalue weighted by Gasteiger charge is 2.35. The topological polar surface area (TPSA) is 152 Å². The van der Waals surface area contributed by atoms with Crippen molar-refractivity contribution in [2.45, 2.75) is 70.9 Å². The molecule has 308 valence electrons. The van der Waals surface area contributed by atoms with Crippen LogP contribution in [-0.4, -0.2) is 132 Å². The number of aryl methyl sites for hydroxylation is 2. The number of phenolic OH excluding ortho intramolecular Hbond substituents is 1. The zero-order valence-corrected chi connectivity index (χ0v) is 33.5. The van der Waals surface area contributed by atoms with Gasteiger partial charge in [-0.2, -0.15) is 0 Å². The molecule has 58 heavy (non-hydrogen) atoms. The molecule has 0 aromatic heterocycles. The number of aromatic hydroxyl groups is 1. The van der Waals surface area contributed by atoms with Gasteiger partial charge in [0, 0.05) is 82.7 Å². The van der Waals surface area contributed by atoms with Crippen molar-refractivity contribution in [3.63, 3.8) is 0 Å². The first-order chi connectivity index (χ1) is 28.0. The minimum absolute atomic E-state index is 0.0277. The second kappa shape index (κ2) is 18.2. The van der Waals surface area contributed by atoms with Crippen LogP contribution in [0.2, 0.25) is 0 Å². The quantitative estimate of drug-likeness (QED) is 0.281. The van der Waals surface area contributed by atoms with Gasteiger partial charge in [0.2, 0.25) is 0 Å². The molecule has 14 heteroatoms. The van der Waals surface area contributed by atoms with E-state index in [0.717, 1.165) is 48.2 Å². The van der Waals surface area contributed by atoms with Gasteiger partial charge in [0.1, 0.15) is 5.75 Å². The van der Waals surface area contributed by atoms with Crippen molar-refractivity contribution in [1.29, 1.82) is 0 Å². The summed E-state index contributed by atoms with van der Waals surface area (Å²) in [6.45, 7) is 7.96. The number of fused-ring (bicyclic) bond motifs is 1. The summed E-state index contributed by atoms with van der Waals surface area (Å²) in [5.41, 5.74) is 5.30. The third-order valence-electron chi connectivity index (χ3n) is 11.9. The number of hydrogen-bond acceptors (Lipinski definition) is 9. The molecule has 0 unspecified atom stereocenters. The number of ether oxygens (including phenoxy) is 2. The standard InChI is InChI=1S/C44H54N6O8/c1-30-26-32(27-31(2)40(30)52)28-38(58-44(56)49-19-15-36(16-20-49)50-21-14-33-8-4-5-9-37(33)45-43(50)55)41(53)48-24-22-46(23-25-48)35-12-10-34(11-13-35)42(54)57-29-39(51)47-17-6-3-7-18-47/h4-5,8-13,26-27,36,38,52H,3,6-7,14-25,28-29H2,1-2H3,(H,45,55)/t38-/m1/s1. The molecule has 0 bridgehead atoms. The van der Waals surface area contributed by atoms with Crippen molar-refractivity contribution in [3.05, 3.63) is 88.5 Å². The zero-order chi connectivity index (χ0) is 40.8. The van der Waals surface area contributed by atoms with E-state index in [1.807, 2.05) is 53.4 Å². The van der Waals surface area contributed by atoms with Gasteiger partial charge in [0.05, 0.1) is 5.56 Å². The lowest BCUT2D eigenvalue weighted by Gasteiger charge is -2.39. The number of urea groups is 1. The normalized spacial score (nSPS) is 18.2. The number of piperazine rings is 1. The van der Waals surface area contributed by atoms with Crippen LogP contribution < -0.4 is 10.2 Å². The van der Waals surface area contributed by atoms with Crippen LogP contribution in [0.25, 0.3) is 0 Å². The first kappa shape index (κ1) is 40.4. The summed E-state index contributed by atoms with van der Waals surface area (Å²) in [4.78, 5) is 75.3. The molecule has 0 aliphatic carbocycles. The zero-order valence-electron chi connectivity index (χ0n) is 33.5. The number of rotatable bonds is 9. The fourth-order valence-corrected chi connectivity index (χ4v) is 8.49. The molecule has 4 aliphatic rings. The molecule has 14 nitrogen and oxygen atoms in total. The van der Waals surface area contributed by atoms with Crippen molar-refractivity contribution >= 4 is 41.3 Å². The monoisotopic (exact) mass is 794 g/mol. The van der Waals surface area contributed by atoms with Crippen molar-refractivity contribution in [1.82, 2.24) is 19.6 Å². The van der Waals surface area contributed by atoms with E-state index in [9.17, 15) is 29.1 Å². The molecule has 2 N–H and O–H groups in total. The number of amides is 5. The summed E-state index contributed by atoms with van der Waals surface area (Å²) in [5.74, 6) is -0.816. The lowest BCUT2D eigenvalue weighted by atomic mass is 10.0. The largest absolute Gasteiger partial charge is 0.507 e. The molecule has 0 radical (unpaired) electrons. The third-order valence-corrected chi connectivity index (χ3v) is 11.9. The van der Waals surface area contributed by atoms with E-state index >= 15 is 0 Å². The Bertz CT molecular complexity index is 1960. The number of nitrogens with one attached hydrogen (secondary N) is 1. The van der Waals surface area contributed by atoms with Gasteiger partial charge in [-0.1, -0.05) is 30.3 Å². The Balaban J connectivity index is 0.942. The third kappa shape index (κ3) is 9.49. The van der Waals surface area contributed by atoms with Crippen LogP contribution in [0.5, 0.6) is 5.75 Å². The van der Waals surface area contributed by atoms with Gasteiger partial charge in [-0.05, 0) is 105 Å². The van der Waals surface area contributed by atoms with E-state index in [1.165, 1.54) is 0 Å². The van der Waals surface area contributed by atoms with Gasteiger partial charge in [-0.15, -0.1) is 0 Å². The van der Waals surface area contributed by atoms with Crippen LogP contribution >= 0.6 is 0 Å². The second-order valence-corrected chi connectivity index (χ2v) is 15.8. The van der Waals surface area contributed by atoms with E-state index in [4.69, 9.17) is 9.47 Å². The predicted molar refractivity (Wildman–Crippen MR) is 218 cm³/mol. The first-order valence-electron chi connectivity index (χ1n) is 20.5. The van der Waals surface area contributed by atoms with Gasteiger partial charge in [-0.25, -0.2) is 14.4 Å². The Morgan fingerprint density at radius 2 is 1.47 bits per heavy atom. The Kier molecular flexibility index (Phi) is 12.7. The maximum Gasteiger partial charge on any atom is 0.410 e. The minimum atomic E-state index is -1.08. The van der Waals surface area contributed by atoms with Gasteiger partial charge < -0.3 is 44.4 Å². The van der Waals surface area contributed by atoms with E-state index in [1.54, 1.807) is 40.7 Å². The van der Waals surface area contributed by atoms with Gasteiger partial charge in [-0.3, -0.25) is 9.59 Å². The summed E-state index contributed by atoms with van der Waals surface area (Å²) in [7, 11) is 0. The molecule has 0 spiro atoms. The summed E-state index contributed by atoms with van der Waals surface area (Å²) in [6, 6.07) is 18.3. The molecule has 4 aliphatic heterocycles. The van der Waals surface area contributed by atoms with Crippen molar-refractivity contribution in [2.75, 3.05) is 75.7 Å². The molecular formula is C44H54N6O8. The number of likely N-dealkylation sites (tertiary alicyclic amines) is 2. The summed E-state index contributed by atoms with van der Waals surface area (Å²) < 4.78 is 11.4. The van der Waals surface area contributed by atoms with Crippen molar-refractivity contribution in [3.8, 4) is 5.75 Å². The number of anilines is 2. The number of hydrogen-bond donors (Lipinski definition) is 2. The Labute approximate surface area is 339 Å². The number of piperidine rings is 2. The molecular weight excluding hydrogens is 741 g/mol.